The van der Waals surface area contributed by atoms with E-state index in [-0.39, 0.29) is 0 Å². The number of hydrogen-bond donors (Lipinski definition) is 1. The number of hydrogen-bond acceptors (Lipinski definition) is 1. The van der Waals surface area contributed by atoms with Crippen LogP contribution in [0.3, 0.4) is 0 Å². The molecule has 60 valence electrons. The zero-order valence-corrected chi connectivity index (χ0v) is 7.67. The molecule has 1 saturated heterocycles. The summed E-state index contributed by atoms with van der Waals surface area (Å²) in [5.41, 5.74) is 0. The molecule has 1 heterocycles. The predicted octanol–water partition coefficient (Wildman–Crippen LogP) is 0.418. The van der Waals surface area contributed by atoms with Gasteiger partial charge >= 0.3 is 0 Å². The van der Waals surface area contributed by atoms with Gasteiger partial charge in [0.2, 0.25) is 0 Å². The maximum Gasteiger partial charge on any atom is 0.0862 e. The predicted molar refractivity (Wildman–Crippen MR) is 47.8 cm³/mol. The van der Waals surface area contributed by atoms with Crippen molar-refractivity contribution in [2.24, 2.45) is 0 Å². The van der Waals surface area contributed by atoms with E-state index >= 15 is 0 Å². The number of rotatable bonds is 3. The summed E-state index contributed by atoms with van der Waals surface area (Å²) in [6.45, 7) is 4.25. The molecule has 0 aromatic carbocycles. The van der Waals surface area contributed by atoms with Gasteiger partial charge in [-0.2, -0.15) is 11.8 Å². The van der Waals surface area contributed by atoms with Crippen LogP contribution in [-0.4, -0.2) is 31.6 Å². The van der Waals surface area contributed by atoms with Crippen molar-refractivity contribution in [3.05, 3.63) is 0 Å². The van der Waals surface area contributed by atoms with Crippen LogP contribution in [0.5, 0.6) is 0 Å². The summed E-state index contributed by atoms with van der Waals surface area (Å²) in [5, 5.41) is 0. The second kappa shape index (κ2) is 5.03. The minimum Gasteiger partial charge on any atom is -0.334 e. The highest BCUT2D eigenvalue weighted by atomic mass is 32.2. The van der Waals surface area contributed by atoms with Gasteiger partial charge in [-0.15, -0.1) is 0 Å². The molecule has 1 aliphatic rings. The monoisotopic (exact) mass is 160 g/mol. The summed E-state index contributed by atoms with van der Waals surface area (Å²) in [5.74, 6) is 1.34. The van der Waals surface area contributed by atoms with Crippen LogP contribution < -0.4 is 4.90 Å². The Labute approximate surface area is 68.2 Å². The molecule has 0 amide bonds. The van der Waals surface area contributed by atoms with E-state index in [1.54, 1.807) is 0 Å². The highest BCUT2D eigenvalue weighted by Gasteiger charge is 2.11. The lowest BCUT2D eigenvalue weighted by Gasteiger charge is -2.22. The molecule has 1 rings (SSSR count). The lowest BCUT2D eigenvalue weighted by molar-refractivity contribution is -0.902. The van der Waals surface area contributed by atoms with Gasteiger partial charge in [0.25, 0.3) is 0 Å². The van der Waals surface area contributed by atoms with Crippen molar-refractivity contribution in [2.45, 2.75) is 19.3 Å². The number of quaternary nitrogens is 1. The fourth-order valence-corrected chi connectivity index (χ4v) is 2.04. The third kappa shape index (κ3) is 2.93. The summed E-state index contributed by atoms with van der Waals surface area (Å²) < 4.78 is 0. The van der Waals surface area contributed by atoms with Gasteiger partial charge in [0.15, 0.2) is 0 Å². The summed E-state index contributed by atoms with van der Waals surface area (Å²) in [7, 11) is 0. The molecule has 1 aliphatic heterocycles. The molecule has 0 aromatic heterocycles. The molecule has 0 atom stereocenters. The molecular formula is C8H18NS+. The second-order valence-corrected chi connectivity index (χ2v) is 4.04. The molecule has 1 N–H and O–H groups in total. The Kier molecular flexibility index (Phi) is 4.23. The van der Waals surface area contributed by atoms with Crippen molar-refractivity contribution in [2.75, 3.05) is 31.6 Å². The molecule has 10 heavy (non-hydrogen) atoms. The third-order valence-electron chi connectivity index (χ3n) is 2.22. The molecule has 1 nitrogen and oxygen atoms in total. The van der Waals surface area contributed by atoms with Gasteiger partial charge < -0.3 is 4.90 Å². The van der Waals surface area contributed by atoms with Gasteiger partial charge in [0, 0.05) is 5.75 Å². The fourth-order valence-electron chi connectivity index (χ4n) is 1.55. The summed E-state index contributed by atoms with van der Waals surface area (Å²) in [6.07, 6.45) is 6.60. The van der Waals surface area contributed by atoms with Crippen LogP contribution in [0.1, 0.15) is 19.3 Å². The third-order valence-corrected chi connectivity index (χ3v) is 2.83. The normalized spacial score (nSPS) is 21.3. The summed E-state index contributed by atoms with van der Waals surface area (Å²) in [6, 6.07) is 0. The minimum atomic E-state index is 1.34. The quantitative estimate of drug-likeness (QED) is 0.627. The van der Waals surface area contributed by atoms with Crippen LogP contribution in [0.15, 0.2) is 0 Å². The Morgan fingerprint density at radius 2 is 1.90 bits per heavy atom. The van der Waals surface area contributed by atoms with Crippen LogP contribution in [-0.2, 0) is 0 Å². The molecule has 0 aliphatic carbocycles. The highest BCUT2D eigenvalue weighted by molar-refractivity contribution is 7.98. The number of nitrogens with one attached hydrogen (secondary N) is 1. The Balaban J connectivity index is 2.02. The van der Waals surface area contributed by atoms with Crippen molar-refractivity contribution < 1.29 is 4.90 Å². The van der Waals surface area contributed by atoms with Crippen LogP contribution in [0.25, 0.3) is 0 Å². The molecule has 0 unspecified atom stereocenters. The molecule has 2 heteroatoms. The van der Waals surface area contributed by atoms with E-state index in [1.807, 2.05) is 16.7 Å². The topological polar surface area (TPSA) is 4.44 Å². The van der Waals surface area contributed by atoms with E-state index < -0.39 is 0 Å². The average Bonchev–Trinajstić information content (AvgIpc) is 2.03. The summed E-state index contributed by atoms with van der Waals surface area (Å²) >= 11 is 1.97. The maximum atomic E-state index is 2.20. The van der Waals surface area contributed by atoms with Crippen molar-refractivity contribution in [1.29, 1.82) is 0 Å². The van der Waals surface area contributed by atoms with Crippen LogP contribution >= 0.6 is 11.8 Å². The first kappa shape index (κ1) is 8.41. The molecule has 0 spiro atoms. The van der Waals surface area contributed by atoms with Gasteiger partial charge in [0.05, 0.1) is 19.6 Å². The SMILES string of the molecule is CSCC[NH+]1CCCCC1. The maximum absolute atomic E-state index is 2.20. The lowest BCUT2D eigenvalue weighted by Crippen LogP contribution is -3.13. The van der Waals surface area contributed by atoms with E-state index in [0.29, 0.717) is 0 Å². The molecular weight excluding hydrogens is 142 g/mol. The molecule has 0 aromatic rings. The lowest BCUT2D eigenvalue weighted by atomic mass is 10.1. The first-order valence-electron chi connectivity index (χ1n) is 4.26. The molecule has 0 radical (unpaired) electrons. The van der Waals surface area contributed by atoms with Gasteiger partial charge in [-0.05, 0) is 25.5 Å². The van der Waals surface area contributed by atoms with Gasteiger partial charge in [0.1, 0.15) is 0 Å². The summed E-state index contributed by atoms with van der Waals surface area (Å²) in [4.78, 5) is 1.83. The van der Waals surface area contributed by atoms with Gasteiger partial charge in [-0.1, -0.05) is 0 Å². The van der Waals surface area contributed by atoms with E-state index in [9.17, 15) is 0 Å². The Morgan fingerprint density at radius 1 is 1.20 bits per heavy atom. The van der Waals surface area contributed by atoms with E-state index in [0.717, 1.165) is 0 Å². The average molecular weight is 160 g/mol. The van der Waals surface area contributed by atoms with Crippen LogP contribution in [0, 0.1) is 0 Å². The van der Waals surface area contributed by atoms with Crippen LogP contribution in [0.2, 0.25) is 0 Å². The van der Waals surface area contributed by atoms with E-state index in [1.165, 1.54) is 44.6 Å². The number of thioether (sulfide) groups is 1. The zero-order valence-electron chi connectivity index (χ0n) is 6.86. The zero-order chi connectivity index (χ0) is 7.23. The standard InChI is InChI=1S/C8H17NS/c1-10-8-7-9-5-3-2-4-6-9/h2-8H2,1H3/p+1. The fraction of sp³-hybridized carbons (Fsp3) is 1.00. The number of piperidine rings is 1. The van der Waals surface area contributed by atoms with E-state index in [4.69, 9.17) is 0 Å². The van der Waals surface area contributed by atoms with Crippen molar-refractivity contribution in [1.82, 2.24) is 0 Å². The Hall–Kier alpha value is 0.310. The van der Waals surface area contributed by atoms with Crippen molar-refractivity contribution in [3.63, 3.8) is 0 Å². The van der Waals surface area contributed by atoms with Crippen LogP contribution in [0.4, 0.5) is 0 Å². The second-order valence-electron chi connectivity index (χ2n) is 3.05. The Morgan fingerprint density at radius 3 is 2.50 bits per heavy atom. The number of likely N-dealkylation sites (tertiary alicyclic amines) is 1. The van der Waals surface area contributed by atoms with Crippen molar-refractivity contribution >= 4 is 11.8 Å². The first-order chi connectivity index (χ1) is 4.93. The molecule has 0 bridgehead atoms. The van der Waals surface area contributed by atoms with Gasteiger partial charge in [-0.3, -0.25) is 0 Å². The van der Waals surface area contributed by atoms with Crippen molar-refractivity contribution in [3.8, 4) is 0 Å². The highest BCUT2D eigenvalue weighted by Crippen LogP contribution is 1.95. The first-order valence-corrected chi connectivity index (χ1v) is 5.65. The largest absolute Gasteiger partial charge is 0.334 e. The molecule has 1 fully saturated rings. The molecule has 0 saturated carbocycles. The minimum absolute atomic E-state index is 1.34. The smallest absolute Gasteiger partial charge is 0.0862 e. The Bertz CT molecular complexity index is 79.3. The van der Waals surface area contributed by atoms with E-state index in [2.05, 4.69) is 6.26 Å². The van der Waals surface area contributed by atoms with Gasteiger partial charge in [-0.25, -0.2) is 0 Å².